The van der Waals surface area contributed by atoms with Crippen molar-refractivity contribution in [2.75, 3.05) is 32.1 Å². The normalized spacial score (nSPS) is 16.7. The van der Waals surface area contributed by atoms with Gasteiger partial charge in [0, 0.05) is 48.5 Å². The maximum atomic E-state index is 14.3. The molecule has 0 unspecified atom stereocenters. The second-order valence-electron chi connectivity index (χ2n) is 10.6. The van der Waals surface area contributed by atoms with E-state index in [1.165, 1.54) is 20.2 Å². The lowest BCUT2D eigenvalue weighted by Gasteiger charge is -2.42. The summed E-state index contributed by atoms with van der Waals surface area (Å²) in [7, 11) is 1.50. The minimum atomic E-state index is -4.73. The third kappa shape index (κ3) is 5.85. The summed E-state index contributed by atoms with van der Waals surface area (Å²) >= 11 is 0. The fraction of sp³-hybridized carbons (Fsp3) is 0.333. The average molecular weight is 596 g/mol. The van der Waals surface area contributed by atoms with E-state index in [4.69, 9.17) is 10.5 Å². The van der Waals surface area contributed by atoms with Crippen molar-refractivity contribution in [1.29, 1.82) is 0 Å². The quantitative estimate of drug-likeness (QED) is 0.319. The molecule has 0 spiro atoms. The van der Waals surface area contributed by atoms with Gasteiger partial charge in [0.2, 0.25) is 0 Å². The Balaban J connectivity index is 1.42. The van der Waals surface area contributed by atoms with Gasteiger partial charge in [-0.05, 0) is 62.7 Å². The van der Waals surface area contributed by atoms with E-state index >= 15 is 0 Å². The molecule has 2 aromatic carbocycles. The largest absolute Gasteiger partial charge is 0.497 e. The molecule has 3 amide bonds. The van der Waals surface area contributed by atoms with Crippen LogP contribution in [0.15, 0.2) is 54.7 Å². The van der Waals surface area contributed by atoms with Gasteiger partial charge in [-0.1, -0.05) is 12.1 Å². The van der Waals surface area contributed by atoms with E-state index in [2.05, 4.69) is 27.2 Å². The van der Waals surface area contributed by atoms with E-state index in [1.54, 1.807) is 41.3 Å². The number of nitrogens with two attached hydrogens (primary N) is 1. The number of rotatable bonds is 6. The van der Waals surface area contributed by atoms with Crippen molar-refractivity contribution in [3.63, 3.8) is 0 Å². The number of hydrogen-bond donors (Lipinski definition) is 2. The van der Waals surface area contributed by atoms with Crippen molar-refractivity contribution < 1.29 is 27.5 Å². The molecule has 1 fully saturated rings. The third-order valence-corrected chi connectivity index (χ3v) is 7.87. The minimum absolute atomic E-state index is 0.00569. The maximum absolute atomic E-state index is 14.3. The Kier molecular flexibility index (Phi) is 8.02. The van der Waals surface area contributed by atoms with Crippen molar-refractivity contribution in [2.24, 2.45) is 5.73 Å². The van der Waals surface area contributed by atoms with Crippen LogP contribution in [0, 0.1) is 6.92 Å². The van der Waals surface area contributed by atoms with Crippen molar-refractivity contribution in [2.45, 2.75) is 39.0 Å². The first kappa shape index (κ1) is 29.8. The third-order valence-electron chi connectivity index (χ3n) is 7.87. The van der Waals surface area contributed by atoms with Crippen LogP contribution in [0.5, 0.6) is 5.75 Å². The molecule has 3 heterocycles. The number of aromatic nitrogens is 3. The smallest absolute Gasteiger partial charge is 0.433 e. The molecule has 1 aliphatic rings. The number of carbonyl (C=O) groups is 2. The van der Waals surface area contributed by atoms with Crippen LogP contribution in [0.25, 0.3) is 16.9 Å². The van der Waals surface area contributed by atoms with Gasteiger partial charge in [0.15, 0.2) is 11.3 Å². The van der Waals surface area contributed by atoms with Gasteiger partial charge in [0.1, 0.15) is 11.3 Å². The number of piperazine rings is 1. The van der Waals surface area contributed by atoms with E-state index in [0.717, 1.165) is 10.1 Å². The highest BCUT2D eigenvalue weighted by Crippen LogP contribution is 2.37. The van der Waals surface area contributed by atoms with Crippen LogP contribution in [-0.2, 0) is 6.18 Å². The number of urea groups is 1. The summed E-state index contributed by atoms with van der Waals surface area (Å²) in [5, 5.41) is 6.51. The number of alkyl halides is 3. The molecule has 5 rings (SSSR count). The zero-order valence-electron chi connectivity index (χ0n) is 24.1. The van der Waals surface area contributed by atoms with Crippen LogP contribution in [-0.4, -0.2) is 69.1 Å². The monoisotopic (exact) mass is 595 g/mol. The highest BCUT2D eigenvalue weighted by Gasteiger charge is 2.39. The van der Waals surface area contributed by atoms with Gasteiger partial charge in [0.25, 0.3) is 5.91 Å². The maximum Gasteiger partial charge on any atom is 0.433 e. The molecule has 0 bridgehead atoms. The zero-order valence-corrected chi connectivity index (χ0v) is 24.1. The van der Waals surface area contributed by atoms with E-state index in [9.17, 15) is 22.8 Å². The standard InChI is InChI=1S/C30H32F3N7O3/c1-17-16-38(19(3)20-5-9-22(10-6-20)36-29(34)42)13-14-39(17)28(41)24-15-35-40-26(30(31,32)33)18(2)25(37-27(24)40)21-7-11-23(43-4)12-8-21/h5-12,15,17,19H,13-14,16H2,1-4H3,(H3,34,36,42)/t17-,19+/m1/s1. The molecule has 0 saturated carbocycles. The molecular weight excluding hydrogens is 563 g/mol. The summed E-state index contributed by atoms with van der Waals surface area (Å²) in [6.07, 6.45) is -3.57. The summed E-state index contributed by atoms with van der Waals surface area (Å²) in [5.74, 6) is 0.125. The molecule has 226 valence electrons. The van der Waals surface area contributed by atoms with Gasteiger partial charge < -0.3 is 20.7 Å². The number of hydrogen-bond acceptors (Lipinski definition) is 6. The zero-order chi connectivity index (χ0) is 31.1. The van der Waals surface area contributed by atoms with E-state index in [0.29, 0.717) is 36.6 Å². The van der Waals surface area contributed by atoms with Gasteiger partial charge >= 0.3 is 12.2 Å². The fourth-order valence-electron chi connectivity index (χ4n) is 5.58. The van der Waals surface area contributed by atoms with Crippen LogP contribution in [0.4, 0.5) is 23.7 Å². The number of fused-ring (bicyclic) bond motifs is 1. The van der Waals surface area contributed by atoms with Gasteiger partial charge in [-0.25, -0.2) is 14.3 Å². The molecule has 2 atom stereocenters. The topological polar surface area (TPSA) is 118 Å². The molecule has 2 aromatic heterocycles. The fourth-order valence-corrected chi connectivity index (χ4v) is 5.58. The number of nitrogens with zero attached hydrogens (tertiary/aromatic N) is 5. The minimum Gasteiger partial charge on any atom is -0.497 e. The van der Waals surface area contributed by atoms with E-state index in [-0.39, 0.29) is 34.6 Å². The SMILES string of the molecule is COc1ccc(-c2nc3c(C(=O)N4CCN([C@@H](C)c5ccc(NC(N)=O)cc5)C[C@H]4C)cnn3c(C(F)(F)F)c2C)cc1. The first-order valence-electron chi connectivity index (χ1n) is 13.7. The summed E-state index contributed by atoms with van der Waals surface area (Å²) in [4.78, 5) is 33.3. The molecule has 13 heteroatoms. The number of ether oxygens (including phenoxy) is 1. The Labute approximate surface area is 246 Å². The lowest BCUT2D eigenvalue weighted by molar-refractivity contribution is -0.143. The van der Waals surface area contributed by atoms with Crippen LogP contribution >= 0.6 is 0 Å². The first-order chi connectivity index (χ1) is 20.4. The van der Waals surface area contributed by atoms with E-state index < -0.39 is 23.8 Å². The van der Waals surface area contributed by atoms with Crippen molar-refractivity contribution in [3.8, 4) is 17.0 Å². The van der Waals surface area contributed by atoms with Crippen molar-refractivity contribution in [1.82, 2.24) is 24.4 Å². The second kappa shape index (κ2) is 11.6. The molecule has 0 aliphatic carbocycles. The Morgan fingerprint density at radius 1 is 1.09 bits per heavy atom. The summed E-state index contributed by atoms with van der Waals surface area (Å²) in [5.41, 5.74) is 6.14. The lowest BCUT2D eigenvalue weighted by atomic mass is 10.0. The van der Waals surface area contributed by atoms with Crippen LogP contribution < -0.4 is 15.8 Å². The number of benzene rings is 2. The Bertz CT molecular complexity index is 1650. The predicted molar refractivity (Wildman–Crippen MR) is 155 cm³/mol. The van der Waals surface area contributed by atoms with E-state index in [1.807, 2.05) is 19.1 Å². The molecule has 1 saturated heterocycles. The number of primary amides is 1. The predicted octanol–water partition coefficient (Wildman–Crippen LogP) is 5.13. The number of amides is 3. The van der Waals surface area contributed by atoms with Crippen LogP contribution in [0.3, 0.4) is 0 Å². The highest BCUT2D eigenvalue weighted by molar-refractivity contribution is 6.00. The molecule has 43 heavy (non-hydrogen) atoms. The number of halogens is 3. The Morgan fingerprint density at radius 2 is 1.77 bits per heavy atom. The van der Waals surface area contributed by atoms with Gasteiger partial charge in [-0.2, -0.15) is 18.3 Å². The lowest BCUT2D eigenvalue weighted by Crippen LogP contribution is -2.54. The summed E-state index contributed by atoms with van der Waals surface area (Å²) < 4.78 is 48.9. The summed E-state index contributed by atoms with van der Waals surface area (Å²) in [6.45, 7) is 6.77. The van der Waals surface area contributed by atoms with Crippen LogP contribution in [0.1, 0.15) is 47.1 Å². The summed E-state index contributed by atoms with van der Waals surface area (Å²) in [6, 6.07) is 13.1. The molecule has 1 aliphatic heterocycles. The molecule has 10 nitrogen and oxygen atoms in total. The van der Waals surface area contributed by atoms with Crippen molar-refractivity contribution in [3.05, 3.63) is 77.1 Å². The van der Waals surface area contributed by atoms with Crippen LogP contribution in [0.2, 0.25) is 0 Å². The van der Waals surface area contributed by atoms with Crippen molar-refractivity contribution >= 4 is 23.3 Å². The van der Waals surface area contributed by atoms with Gasteiger partial charge in [-0.15, -0.1) is 0 Å². The Hall–Kier alpha value is -4.65. The van der Waals surface area contributed by atoms with Gasteiger partial charge in [0.05, 0.1) is 19.0 Å². The molecule has 3 N–H and O–H groups in total. The number of carbonyl (C=O) groups excluding carboxylic acids is 2. The number of anilines is 1. The molecular formula is C30H32F3N7O3. The number of nitrogens with one attached hydrogen (secondary N) is 1. The highest BCUT2D eigenvalue weighted by atomic mass is 19.4. The first-order valence-corrected chi connectivity index (χ1v) is 13.7. The Morgan fingerprint density at radius 3 is 2.35 bits per heavy atom. The molecule has 4 aromatic rings. The number of methoxy groups -OCH3 is 1. The average Bonchev–Trinajstić information content (AvgIpc) is 3.38. The second-order valence-corrected chi connectivity index (χ2v) is 10.6. The molecule has 0 radical (unpaired) electrons. The van der Waals surface area contributed by atoms with Gasteiger partial charge in [-0.3, -0.25) is 9.69 Å².